The maximum absolute atomic E-state index is 13.2. The monoisotopic (exact) mass is 1130 g/mol. The van der Waals surface area contributed by atoms with E-state index >= 15 is 0 Å². The fourth-order valence-corrected chi connectivity index (χ4v) is 9.18. The number of aliphatic carboxylic acids is 1. The first-order valence-electron chi connectivity index (χ1n) is 32.2. The molecule has 1 fully saturated rings. The molecule has 3 N–H and O–H groups in total. The minimum atomic E-state index is -1.92. The molecular formula is C69H114O12. The summed E-state index contributed by atoms with van der Waals surface area (Å²) in [6.07, 6.45) is 62.1. The predicted octanol–water partition coefficient (Wildman–Crippen LogP) is 17.2. The van der Waals surface area contributed by atoms with Gasteiger partial charge in [0.15, 0.2) is 24.6 Å². The number of carboxylic acids is 1. The summed E-state index contributed by atoms with van der Waals surface area (Å²) in [6, 6.07) is 0. The standard InChI is InChI=1S/C69H114O12/c1-4-7-10-13-16-19-22-25-28-31-34-37-40-43-46-49-52-55-61(70)77-58-60(79-62(71)56-53-50-47-44-41-38-35-32-29-26-23-20-17-14-11-8-5-2)59-78-69-67(65(74)64(73)66(81-69)68(75)76)80-63(72)57-54-51-48-45-42-39-36-33-30-27-24-21-18-15-12-9-6-3/h9,12,16-21,25-30,36,39,60,64-67,69,73-74H,4-8,10-11,13-15,22-24,31-35,37-38,40-59H2,1-3H3,(H,75,76)/b12-9-,19-16-,20-17-,21-18-,28-25-,29-26-,30-27-,39-36-. The lowest BCUT2D eigenvalue weighted by Crippen LogP contribution is -2.61. The van der Waals surface area contributed by atoms with Crippen LogP contribution < -0.4 is 0 Å². The molecule has 0 aliphatic carbocycles. The summed E-state index contributed by atoms with van der Waals surface area (Å²) in [6.45, 7) is 5.82. The molecule has 0 aromatic heterocycles. The lowest BCUT2D eigenvalue weighted by Gasteiger charge is -2.40. The Kier molecular flexibility index (Phi) is 51.7. The molecule has 1 rings (SSSR count). The first-order valence-corrected chi connectivity index (χ1v) is 32.2. The van der Waals surface area contributed by atoms with Crippen molar-refractivity contribution in [1.29, 1.82) is 0 Å². The van der Waals surface area contributed by atoms with E-state index < -0.39 is 67.3 Å². The van der Waals surface area contributed by atoms with Crippen LogP contribution in [0, 0.1) is 0 Å². The summed E-state index contributed by atoms with van der Waals surface area (Å²) in [5.41, 5.74) is 0. The highest BCUT2D eigenvalue weighted by Crippen LogP contribution is 2.26. The van der Waals surface area contributed by atoms with Gasteiger partial charge in [0.2, 0.25) is 0 Å². The molecule has 0 aromatic carbocycles. The predicted molar refractivity (Wildman–Crippen MR) is 331 cm³/mol. The maximum atomic E-state index is 13.2. The number of rotatable bonds is 54. The van der Waals surface area contributed by atoms with E-state index in [-0.39, 0.29) is 25.9 Å². The SMILES string of the molecule is CC/C=C\C/C=C\C/C=C\C/C=C\CCCCCCC(=O)OC1C(OCC(COC(=O)CCCCCCCCC/C=C\C/C=C\CCCCC)OC(=O)CCCCCCCCC/C=C\C/C=C\CCCCC)OC(C(=O)O)C(O)C1O. The number of carboxylic acid groups (broad SMARTS) is 1. The van der Waals surface area contributed by atoms with Crippen LogP contribution in [-0.2, 0) is 42.9 Å². The Morgan fingerprint density at radius 3 is 1.19 bits per heavy atom. The highest BCUT2D eigenvalue weighted by molar-refractivity contribution is 5.74. The van der Waals surface area contributed by atoms with E-state index in [0.717, 1.165) is 141 Å². The summed E-state index contributed by atoms with van der Waals surface area (Å²) in [5.74, 6) is -3.17. The van der Waals surface area contributed by atoms with E-state index in [4.69, 9.17) is 23.7 Å². The smallest absolute Gasteiger partial charge is 0.335 e. The minimum absolute atomic E-state index is 0.0271. The molecule has 1 heterocycles. The van der Waals surface area contributed by atoms with Gasteiger partial charge >= 0.3 is 23.9 Å². The van der Waals surface area contributed by atoms with E-state index in [1.807, 2.05) is 0 Å². The van der Waals surface area contributed by atoms with Crippen LogP contribution >= 0.6 is 0 Å². The number of carbonyl (C=O) groups excluding carboxylic acids is 3. The number of carbonyl (C=O) groups is 4. The molecule has 0 spiro atoms. The molecule has 0 amide bonds. The van der Waals surface area contributed by atoms with Gasteiger partial charge in [0.1, 0.15) is 18.8 Å². The highest BCUT2D eigenvalue weighted by atomic mass is 16.7. The van der Waals surface area contributed by atoms with Crippen molar-refractivity contribution in [3.8, 4) is 0 Å². The van der Waals surface area contributed by atoms with Gasteiger partial charge in [0.05, 0.1) is 6.61 Å². The van der Waals surface area contributed by atoms with Gasteiger partial charge in [0.25, 0.3) is 0 Å². The third-order valence-electron chi connectivity index (χ3n) is 14.1. The number of hydrogen-bond donors (Lipinski definition) is 3. The molecule has 462 valence electrons. The Morgan fingerprint density at radius 2 is 0.778 bits per heavy atom. The molecular weight excluding hydrogens is 1020 g/mol. The van der Waals surface area contributed by atoms with Crippen molar-refractivity contribution in [2.24, 2.45) is 0 Å². The number of allylic oxidation sites excluding steroid dienone is 16. The summed E-state index contributed by atoms with van der Waals surface area (Å²) in [7, 11) is 0. The van der Waals surface area contributed by atoms with Crippen molar-refractivity contribution in [3.05, 3.63) is 97.2 Å². The lowest BCUT2D eigenvalue weighted by molar-refractivity contribution is -0.301. The first-order chi connectivity index (χ1) is 39.6. The topological polar surface area (TPSA) is 175 Å². The highest BCUT2D eigenvalue weighted by Gasteiger charge is 2.50. The van der Waals surface area contributed by atoms with E-state index in [0.29, 0.717) is 19.3 Å². The fraction of sp³-hybridized carbons (Fsp3) is 0.710. The van der Waals surface area contributed by atoms with E-state index in [2.05, 4.69) is 118 Å². The van der Waals surface area contributed by atoms with Gasteiger partial charge in [-0.15, -0.1) is 0 Å². The van der Waals surface area contributed by atoms with Crippen LogP contribution in [-0.4, -0.2) is 89.2 Å². The van der Waals surface area contributed by atoms with E-state index in [1.165, 1.54) is 64.2 Å². The van der Waals surface area contributed by atoms with Gasteiger partial charge in [0, 0.05) is 19.3 Å². The average Bonchev–Trinajstić information content (AvgIpc) is 3.53. The van der Waals surface area contributed by atoms with Crippen molar-refractivity contribution in [2.75, 3.05) is 13.2 Å². The quantitative estimate of drug-likeness (QED) is 0.0228. The minimum Gasteiger partial charge on any atom is -0.479 e. The molecule has 81 heavy (non-hydrogen) atoms. The zero-order valence-electron chi connectivity index (χ0n) is 51.0. The van der Waals surface area contributed by atoms with Gasteiger partial charge < -0.3 is 39.0 Å². The van der Waals surface area contributed by atoms with Crippen molar-refractivity contribution in [3.63, 3.8) is 0 Å². The van der Waals surface area contributed by atoms with Crippen LogP contribution in [0.3, 0.4) is 0 Å². The first kappa shape index (κ1) is 74.7. The Hall–Kier alpha value is -4.36. The van der Waals surface area contributed by atoms with Crippen molar-refractivity contribution in [2.45, 2.75) is 302 Å². The number of ether oxygens (including phenoxy) is 5. The maximum Gasteiger partial charge on any atom is 0.335 e. The molecule has 6 unspecified atom stereocenters. The third kappa shape index (κ3) is 45.8. The van der Waals surface area contributed by atoms with E-state index in [9.17, 15) is 34.5 Å². The largest absolute Gasteiger partial charge is 0.479 e. The third-order valence-corrected chi connectivity index (χ3v) is 14.1. The Bertz CT molecular complexity index is 1780. The molecule has 0 bridgehead atoms. The summed E-state index contributed by atoms with van der Waals surface area (Å²) < 4.78 is 28.5. The van der Waals surface area contributed by atoms with E-state index in [1.54, 1.807) is 0 Å². The van der Waals surface area contributed by atoms with Crippen LogP contribution in [0.1, 0.15) is 265 Å². The molecule has 1 aliphatic heterocycles. The zero-order chi connectivity index (χ0) is 58.9. The summed E-state index contributed by atoms with van der Waals surface area (Å²) in [5, 5.41) is 31.6. The van der Waals surface area contributed by atoms with Gasteiger partial charge in [-0.25, -0.2) is 4.79 Å². The number of aliphatic hydroxyl groups is 2. The Balaban J connectivity index is 2.70. The van der Waals surface area contributed by atoms with Gasteiger partial charge in [-0.05, 0) is 122 Å². The normalized spacial score (nSPS) is 18.4. The second-order valence-corrected chi connectivity index (χ2v) is 21.7. The van der Waals surface area contributed by atoms with Crippen LogP contribution in [0.25, 0.3) is 0 Å². The number of esters is 3. The molecule has 6 atom stereocenters. The number of aliphatic hydroxyl groups excluding tert-OH is 2. The van der Waals surface area contributed by atoms with Gasteiger partial charge in [-0.2, -0.15) is 0 Å². The fourth-order valence-electron chi connectivity index (χ4n) is 9.18. The molecule has 0 radical (unpaired) electrons. The van der Waals surface area contributed by atoms with Crippen LogP contribution in [0.4, 0.5) is 0 Å². The van der Waals surface area contributed by atoms with Crippen LogP contribution in [0.2, 0.25) is 0 Å². The average molecular weight is 1140 g/mol. The second kappa shape index (κ2) is 56.1. The molecule has 1 aliphatic rings. The van der Waals surface area contributed by atoms with Crippen LogP contribution in [0.5, 0.6) is 0 Å². The molecule has 12 heteroatoms. The lowest BCUT2D eigenvalue weighted by atomic mass is 9.98. The number of unbranched alkanes of at least 4 members (excludes halogenated alkanes) is 24. The van der Waals surface area contributed by atoms with Crippen molar-refractivity contribution in [1.82, 2.24) is 0 Å². The van der Waals surface area contributed by atoms with Crippen molar-refractivity contribution >= 4 is 23.9 Å². The molecule has 1 saturated heterocycles. The number of hydrogen-bond acceptors (Lipinski definition) is 11. The molecule has 0 saturated carbocycles. The van der Waals surface area contributed by atoms with Gasteiger partial charge in [-0.3, -0.25) is 14.4 Å². The Morgan fingerprint density at radius 1 is 0.420 bits per heavy atom. The molecule has 0 aromatic rings. The molecule has 12 nitrogen and oxygen atoms in total. The Labute approximate surface area is 492 Å². The van der Waals surface area contributed by atoms with Gasteiger partial charge in [-0.1, -0.05) is 221 Å². The van der Waals surface area contributed by atoms with Crippen LogP contribution in [0.15, 0.2) is 97.2 Å². The second-order valence-electron chi connectivity index (χ2n) is 21.7. The zero-order valence-corrected chi connectivity index (χ0v) is 51.0. The van der Waals surface area contributed by atoms with Crippen molar-refractivity contribution < 1.29 is 58.2 Å². The summed E-state index contributed by atoms with van der Waals surface area (Å²) >= 11 is 0. The summed E-state index contributed by atoms with van der Waals surface area (Å²) in [4.78, 5) is 51.3.